The van der Waals surface area contributed by atoms with E-state index in [1.807, 2.05) is 18.2 Å². The van der Waals surface area contributed by atoms with Gasteiger partial charge in [-0.3, -0.25) is 4.79 Å². The molecule has 3 heterocycles. The lowest BCUT2D eigenvalue weighted by atomic mass is 9.97. The maximum Gasteiger partial charge on any atom is 0.307 e. The summed E-state index contributed by atoms with van der Waals surface area (Å²) in [5.41, 5.74) is 4.09. The van der Waals surface area contributed by atoms with E-state index in [1.165, 1.54) is 13.2 Å². The van der Waals surface area contributed by atoms with Crippen molar-refractivity contribution >= 4 is 5.97 Å². The number of nitrogens with zero attached hydrogens (tertiary/aromatic N) is 2. The zero-order chi connectivity index (χ0) is 26.5. The van der Waals surface area contributed by atoms with E-state index in [0.717, 1.165) is 28.7 Å². The van der Waals surface area contributed by atoms with Gasteiger partial charge in [0.05, 0.1) is 32.7 Å². The number of rotatable bonds is 8. The number of benzene rings is 1. The van der Waals surface area contributed by atoms with Crippen molar-refractivity contribution in [2.75, 3.05) is 20.3 Å². The quantitative estimate of drug-likeness (QED) is 0.301. The van der Waals surface area contributed by atoms with Crippen molar-refractivity contribution in [1.82, 2.24) is 9.97 Å². The number of esters is 1. The third-order valence-corrected chi connectivity index (χ3v) is 6.85. The molecule has 0 spiro atoms. The van der Waals surface area contributed by atoms with Crippen LogP contribution in [-0.2, 0) is 20.7 Å². The van der Waals surface area contributed by atoms with Crippen molar-refractivity contribution in [3.8, 4) is 34.7 Å². The Labute approximate surface area is 221 Å². The van der Waals surface area contributed by atoms with Crippen LogP contribution in [0.4, 0.5) is 4.39 Å². The molecule has 0 radical (unpaired) electrons. The molecule has 0 amide bonds. The first-order chi connectivity index (χ1) is 18.6. The Kier molecular flexibility index (Phi) is 7.85. The van der Waals surface area contributed by atoms with E-state index in [0.29, 0.717) is 43.4 Å². The standard InChI is InChI=1S/C30H29FN2O5/c1-3-4-19(15-29(34)35-2)20-5-11-28(32-16-20)38-26-10-8-24-23(7-9-25(31)30(24)26)21-6-12-27(33-17-21)37-22-13-14-36-18-22/h5-7,9,11-12,16-17,19,22,26H,8,10,13-15,18H2,1-2H3/t19?,22?,26-/m1/s1. The summed E-state index contributed by atoms with van der Waals surface area (Å²) >= 11 is 0. The van der Waals surface area contributed by atoms with E-state index in [-0.39, 0.29) is 30.2 Å². The summed E-state index contributed by atoms with van der Waals surface area (Å²) in [5, 5.41) is 0. The molecule has 0 saturated carbocycles. The largest absolute Gasteiger partial charge is 0.472 e. The number of carbonyl (C=O) groups is 1. The van der Waals surface area contributed by atoms with Gasteiger partial charge in [-0.2, -0.15) is 0 Å². The predicted molar refractivity (Wildman–Crippen MR) is 138 cm³/mol. The second-order valence-corrected chi connectivity index (χ2v) is 9.28. The van der Waals surface area contributed by atoms with Crippen LogP contribution in [0.2, 0.25) is 0 Å². The van der Waals surface area contributed by atoms with Crippen LogP contribution in [0.3, 0.4) is 0 Å². The number of halogens is 1. The average Bonchev–Trinajstić information content (AvgIpc) is 3.60. The fourth-order valence-electron chi connectivity index (χ4n) is 4.94. The molecular formula is C30H29FN2O5. The highest BCUT2D eigenvalue weighted by Gasteiger charge is 2.30. The van der Waals surface area contributed by atoms with Crippen LogP contribution in [0.1, 0.15) is 54.9 Å². The van der Waals surface area contributed by atoms with Gasteiger partial charge in [-0.1, -0.05) is 18.1 Å². The molecule has 0 N–H and O–H groups in total. The number of pyridine rings is 2. The Bertz CT molecular complexity index is 1340. The number of hydrogen-bond acceptors (Lipinski definition) is 7. The number of aromatic nitrogens is 2. The summed E-state index contributed by atoms with van der Waals surface area (Å²) in [7, 11) is 1.35. The second-order valence-electron chi connectivity index (χ2n) is 9.28. The average molecular weight is 517 g/mol. The number of ether oxygens (including phenoxy) is 4. The van der Waals surface area contributed by atoms with Gasteiger partial charge in [0.15, 0.2) is 0 Å². The minimum atomic E-state index is -0.456. The molecule has 1 aliphatic carbocycles. The molecule has 1 aliphatic heterocycles. The van der Waals surface area contributed by atoms with Crippen molar-refractivity contribution in [2.45, 2.75) is 50.7 Å². The zero-order valence-electron chi connectivity index (χ0n) is 21.4. The van der Waals surface area contributed by atoms with Gasteiger partial charge in [-0.15, -0.1) is 5.92 Å². The molecule has 3 aromatic rings. The van der Waals surface area contributed by atoms with Crippen molar-refractivity contribution < 1.29 is 28.1 Å². The Hall–Kier alpha value is -3.96. The van der Waals surface area contributed by atoms with Gasteiger partial charge in [-0.25, -0.2) is 14.4 Å². The van der Waals surface area contributed by atoms with Gasteiger partial charge in [0.25, 0.3) is 0 Å². The molecule has 38 heavy (non-hydrogen) atoms. The van der Waals surface area contributed by atoms with Crippen molar-refractivity contribution in [1.29, 1.82) is 0 Å². The third kappa shape index (κ3) is 5.63. The van der Waals surface area contributed by atoms with Crippen LogP contribution >= 0.6 is 0 Å². The van der Waals surface area contributed by atoms with Crippen molar-refractivity contribution in [3.05, 3.63) is 71.3 Å². The van der Waals surface area contributed by atoms with Gasteiger partial charge >= 0.3 is 5.97 Å². The Morgan fingerprint density at radius 3 is 2.61 bits per heavy atom. The third-order valence-electron chi connectivity index (χ3n) is 6.85. The molecule has 2 unspecified atom stereocenters. The Balaban J connectivity index is 1.32. The predicted octanol–water partition coefficient (Wildman–Crippen LogP) is 5.19. The highest BCUT2D eigenvalue weighted by atomic mass is 19.1. The first-order valence-electron chi connectivity index (χ1n) is 12.7. The van der Waals surface area contributed by atoms with E-state index < -0.39 is 6.10 Å². The number of fused-ring (bicyclic) bond motifs is 1. The molecular weight excluding hydrogens is 487 g/mol. The first-order valence-corrected chi connectivity index (χ1v) is 12.7. The van der Waals surface area contributed by atoms with Crippen molar-refractivity contribution in [3.63, 3.8) is 0 Å². The first kappa shape index (κ1) is 25.7. The van der Waals surface area contributed by atoms with Gasteiger partial charge in [0.1, 0.15) is 18.0 Å². The highest BCUT2D eigenvalue weighted by Crippen LogP contribution is 2.41. The Morgan fingerprint density at radius 2 is 1.92 bits per heavy atom. The van der Waals surface area contributed by atoms with E-state index >= 15 is 4.39 Å². The van der Waals surface area contributed by atoms with Gasteiger partial charge in [0, 0.05) is 42.1 Å². The highest BCUT2D eigenvalue weighted by molar-refractivity contribution is 5.71. The maximum atomic E-state index is 15.0. The molecule has 2 aliphatic rings. The number of hydrogen-bond donors (Lipinski definition) is 0. The smallest absolute Gasteiger partial charge is 0.307 e. The van der Waals surface area contributed by atoms with Gasteiger partial charge in [0.2, 0.25) is 11.8 Å². The topological polar surface area (TPSA) is 79.8 Å². The molecule has 0 bridgehead atoms. The van der Waals surface area contributed by atoms with E-state index in [9.17, 15) is 4.79 Å². The molecule has 8 heteroatoms. The molecule has 3 atom stereocenters. The second kappa shape index (κ2) is 11.6. The number of carbonyl (C=O) groups excluding carboxylic acids is 1. The molecule has 5 rings (SSSR count). The summed E-state index contributed by atoms with van der Waals surface area (Å²) in [6.45, 7) is 3.01. The van der Waals surface area contributed by atoms with Crippen LogP contribution in [0.5, 0.6) is 11.8 Å². The summed E-state index contributed by atoms with van der Waals surface area (Å²) < 4.78 is 37.2. The number of methoxy groups -OCH3 is 1. The van der Waals surface area contributed by atoms with Crippen LogP contribution in [-0.4, -0.2) is 42.4 Å². The molecule has 1 fully saturated rings. The fraction of sp³-hybridized carbons (Fsp3) is 0.367. The summed E-state index contributed by atoms with van der Waals surface area (Å²) in [5.74, 6) is 5.85. The monoisotopic (exact) mass is 516 g/mol. The maximum absolute atomic E-state index is 15.0. The lowest BCUT2D eigenvalue weighted by molar-refractivity contribution is -0.140. The van der Waals surface area contributed by atoms with E-state index in [2.05, 4.69) is 21.8 Å². The molecule has 7 nitrogen and oxygen atoms in total. The molecule has 196 valence electrons. The minimum Gasteiger partial charge on any atom is -0.472 e. The van der Waals surface area contributed by atoms with E-state index in [1.54, 1.807) is 31.5 Å². The molecule has 2 aromatic heterocycles. The zero-order valence-corrected chi connectivity index (χ0v) is 21.4. The van der Waals surface area contributed by atoms with Crippen LogP contribution in [0.25, 0.3) is 11.1 Å². The van der Waals surface area contributed by atoms with E-state index in [4.69, 9.17) is 18.9 Å². The summed E-state index contributed by atoms with van der Waals surface area (Å²) in [6.07, 6.45) is 5.28. The SMILES string of the molecule is CC#CC(CC(=O)OC)c1ccc(O[C@@H]2CCc3c(-c4ccc(OC5CCOC5)nc4)ccc(F)c32)nc1. The molecule has 1 aromatic carbocycles. The van der Waals surface area contributed by atoms with Crippen molar-refractivity contribution in [2.24, 2.45) is 0 Å². The normalized spacial score (nSPS) is 18.7. The summed E-state index contributed by atoms with van der Waals surface area (Å²) in [6, 6.07) is 10.6. The fourth-order valence-corrected chi connectivity index (χ4v) is 4.94. The van der Waals surface area contributed by atoms with Crippen LogP contribution in [0, 0.1) is 17.7 Å². The molecule has 1 saturated heterocycles. The van der Waals surface area contributed by atoms with Crippen LogP contribution in [0.15, 0.2) is 48.8 Å². The lowest BCUT2D eigenvalue weighted by Gasteiger charge is -2.17. The van der Waals surface area contributed by atoms with Crippen LogP contribution < -0.4 is 9.47 Å². The minimum absolute atomic E-state index is 0.0299. The van der Waals surface area contributed by atoms with Gasteiger partial charge in [-0.05, 0) is 48.6 Å². The van der Waals surface area contributed by atoms with Gasteiger partial charge < -0.3 is 18.9 Å². The Morgan fingerprint density at radius 1 is 1.11 bits per heavy atom. The summed E-state index contributed by atoms with van der Waals surface area (Å²) in [4.78, 5) is 20.6. The lowest BCUT2D eigenvalue weighted by Crippen LogP contribution is -2.16.